The molecule has 3 nitrogen and oxygen atoms in total. The largest absolute Gasteiger partial charge is 0.481 e. The molecule has 2 rings (SSSR count). The number of carbonyl (C=O) groups is 1. The zero-order valence-corrected chi connectivity index (χ0v) is 10.4. The fraction of sp³-hybridized carbons (Fsp3) is 0.273. The van der Waals surface area contributed by atoms with E-state index < -0.39 is 5.97 Å². The smallest absolute Gasteiger partial charge is 0.310 e. The molecule has 2 heterocycles. The zero-order chi connectivity index (χ0) is 11.5. The minimum atomic E-state index is -0.832. The van der Waals surface area contributed by atoms with Gasteiger partial charge in [-0.1, -0.05) is 6.92 Å². The molecular weight excluding hydrogens is 242 g/mol. The van der Waals surface area contributed by atoms with E-state index in [0.29, 0.717) is 5.01 Å². The van der Waals surface area contributed by atoms with E-state index >= 15 is 0 Å². The molecule has 0 unspecified atom stereocenters. The maximum atomic E-state index is 10.5. The van der Waals surface area contributed by atoms with Crippen molar-refractivity contribution in [2.75, 3.05) is 0 Å². The Morgan fingerprint density at radius 1 is 1.50 bits per heavy atom. The van der Waals surface area contributed by atoms with E-state index in [-0.39, 0.29) is 6.42 Å². The molecule has 0 amide bonds. The van der Waals surface area contributed by atoms with Crippen LogP contribution in [0.3, 0.4) is 0 Å². The maximum Gasteiger partial charge on any atom is 0.310 e. The van der Waals surface area contributed by atoms with Gasteiger partial charge in [0.1, 0.15) is 5.01 Å². The van der Waals surface area contributed by atoms with Crippen LogP contribution >= 0.6 is 22.7 Å². The van der Waals surface area contributed by atoms with Gasteiger partial charge < -0.3 is 5.11 Å². The van der Waals surface area contributed by atoms with Crippen LogP contribution in [0.2, 0.25) is 0 Å². The molecule has 0 fully saturated rings. The highest BCUT2D eigenvalue weighted by Crippen LogP contribution is 2.29. The Labute approximate surface area is 101 Å². The van der Waals surface area contributed by atoms with Crippen molar-refractivity contribution in [3.8, 4) is 10.6 Å². The van der Waals surface area contributed by atoms with Crippen LogP contribution in [0.15, 0.2) is 17.5 Å². The average Bonchev–Trinajstić information content (AvgIpc) is 2.83. The molecule has 0 radical (unpaired) electrons. The average molecular weight is 253 g/mol. The number of hydrogen-bond acceptors (Lipinski definition) is 4. The van der Waals surface area contributed by atoms with Crippen molar-refractivity contribution in [1.82, 2.24) is 4.98 Å². The zero-order valence-electron chi connectivity index (χ0n) is 8.77. The summed E-state index contributed by atoms with van der Waals surface area (Å²) >= 11 is 3.12. The van der Waals surface area contributed by atoms with Crippen molar-refractivity contribution < 1.29 is 9.90 Å². The lowest BCUT2D eigenvalue weighted by Crippen LogP contribution is -1.98. The lowest BCUT2D eigenvalue weighted by molar-refractivity contribution is -0.136. The third-order valence-electron chi connectivity index (χ3n) is 2.12. The second-order valence-electron chi connectivity index (χ2n) is 3.32. The molecule has 0 saturated heterocycles. The van der Waals surface area contributed by atoms with Crippen molar-refractivity contribution in [3.05, 3.63) is 27.4 Å². The van der Waals surface area contributed by atoms with Gasteiger partial charge in [0.25, 0.3) is 0 Å². The van der Waals surface area contributed by atoms with Gasteiger partial charge in [-0.2, -0.15) is 0 Å². The molecule has 1 N–H and O–H groups in total. The fourth-order valence-corrected chi connectivity index (χ4v) is 3.11. The lowest BCUT2D eigenvalue weighted by atomic mass is 10.3. The molecule has 16 heavy (non-hydrogen) atoms. The summed E-state index contributed by atoms with van der Waals surface area (Å²) in [4.78, 5) is 17.3. The highest BCUT2D eigenvalue weighted by Gasteiger charge is 2.09. The second kappa shape index (κ2) is 4.76. The number of aliphatic carboxylic acids is 1. The Kier molecular flexibility index (Phi) is 3.36. The number of nitrogens with zero attached hydrogens (tertiary/aromatic N) is 1. The van der Waals surface area contributed by atoms with E-state index in [0.717, 1.165) is 17.0 Å². The first kappa shape index (κ1) is 11.3. The molecule has 0 aliphatic heterocycles. The summed E-state index contributed by atoms with van der Waals surface area (Å²) in [7, 11) is 0. The van der Waals surface area contributed by atoms with Crippen LogP contribution in [0.1, 0.15) is 16.8 Å². The summed E-state index contributed by atoms with van der Waals surface area (Å²) in [6, 6.07) is 4.14. The van der Waals surface area contributed by atoms with Gasteiger partial charge in [-0.25, -0.2) is 4.98 Å². The van der Waals surface area contributed by atoms with Gasteiger partial charge in [0.2, 0.25) is 0 Å². The fourth-order valence-electron chi connectivity index (χ4n) is 1.34. The van der Waals surface area contributed by atoms with E-state index in [1.165, 1.54) is 16.2 Å². The standard InChI is InChI=1S/C11H11NO2S2/c1-2-7-3-4-9(16-7)8-6-15-10(12-8)5-11(13)14/h3-4,6H,2,5H2,1H3,(H,13,14). The normalized spacial score (nSPS) is 10.6. The van der Waals surface area contributed by atoms with Crippen LogP contribution in [-0.4, -0.2) is 16.1 Å². The number of carboxylic acids is 1. The van der Waals surface area contributed by atoms with E-state index in [2.05, 4.69) is 18.0 Å². The molecule has 0 bridgehead atoms. The third kappa shape index (κ3) is 2.48. The van der Waals surface area contributed by atoms with Gasteiger partial charge in [0.15, 0.2) is 0 Å². The third-order valence-corrected chi connectivity index (χ3v) is 4.22. The number of hydrogen-bond donors (Lipinski definition) is 1. The number of thiazole rings is 1. The summed E-state index contributed by atoms with van der Waals surface area (Å²) < 4.78 is 0. The molecule has 0 atom stereocenters. The first-order valence-corrected chi connectivity index (χ1v) is 6.64. The number of thiophene rings is 1. The molecule has 0 spiro atoms. The van der Waals surface area contributed by atoms with Crippen LogP contribution in [0.25, 0.3) is 10.6 Å². The first-order chi connectivity index (χ1) is 7.69. The van der Waals surface area contributed by atoms with Crippen molar-refractivity contribution in [2.45, 2.75) is 19.8 Å². The SMILES string of the molecule is CCc1ccc(-c2csc(CC(=O)O)n2)s1. The van der Waals surface area contributed by atoms with Gasteiger partial charge in [-0.05, 0) is 18.6 Å². The summed E-state index contributed by atoms with van der Waals surface area (Å²) in [5, 5.41) is 11.2. The predicted octanol–water partition coefficient (Wildman–Crippen LogP) is 3.06. The monoisotopic (exact) mass is 253 g/mol. The molecule has 84 valence electrons. The van der Waals surface area contributed by atoms with Crippen molar-refractivity contribution in [3.63, 3.8) is 0 Å². The molecule has 2 aromatic heterocycles. The predicted molar refractivity (Wildman–Crippen MR) is 66.1 cm³/mol. The first-order valence-electron chi connectivity index (χ1n) is 4.94. The minimum absolute atomic E-state index is 0.0106. The van der Waals surface area contributed by atoms with E-state index in [4.69, 9.17) is 5.11 Å². The Balaban J connectivity index is 2.20. The van der Waals surface area contributed by atoms with Gasteiger partial charge in [0, 0.05) is 10.3 Å². The molecular formula is C11H11NO2S2. The Morgan fingerprint density at radius 2 is 2.31 bits per heavy atom. The lowest BCUT2D eigenvalue weighted by Gasteiger charge is -1.89. The van der Waals surface area contributed by atoms with E-state index in [1.807, 2.05) is 11.4 Å². The highest BCUT2D eigenvalue weighted by atomic mass is 32.1. The number of rotatable bonds is 4. The summed E-state index contributed by atoms with van der Waals surface area (Å²) in [5.41, 5.74) is 0.894. The second-order valence-corrected chi connectivity index (χ2v) is 5.43. The van der Waals surface area contributed by atoms with Crippen LogP contribution in [0, 0.1) is 0 Å². The van der Waals surface area contributed by atoms with Gasteiger partial charge >= 0.3 is 5.97 Å². The molecule has 0 aromatic carbocycles. The van der Waals surface area contributed by atoms with Gasteiger partial charge in [-0.15, -0.1) is 22.7 Å². The van der Waals surface area contributed by atoms with Crippen molar-refractivity contribution in [2.24, 2.45) is 0 Å². The molecule has 2 aromatic rings. The summed E-state index contributed by atoms with van der Waals surface area (Å²) in [5.74, 6) is -0.832. The van der Waals surface area contributed by atoms with Crippen molar-refractivity contribution >= 4 is 28.6 Å². The number of carboxylic acid groups (broad SMARTS) is 1. The van der Waals surface area contributed by atoms with Crippen molar-refractivity contribution in [1.29, 1.82) is 0 Å². The Bertz CT molecular complexity index is 502. The summed E-state index contributed by atoms with van der Waals surface area (Å²) in [6.45, 7) is 2.12. The molecule has 5 heteroatoms. The number of aromatic nitrogens is 1. The van der Waals surface area contributed by atoms with Crippen LogP contribution in [-0.2, 0) is 17.6 Å². The quantitative estimate of drug-likeness (QED) is 0.911. The Morgan fingerprint density at radius 3 is 2.94 bits per heavy atom. The summed E-state index contributed by atoms with van der Waals surface area (Å²) in [6.07, 6.45) is 1.04. The topological polar surface area (TPSA) is 50.2 Å². The van der Waals surface area contributed by atoms with Crippen LogP contribution in [0.5, 0.6) is 0 Å². The highest BCUT2D eigenvalue weighted by molar-refractivity contribution is 7.16. The van der Waals surface area contributed by atoms with Crippen LogP contribution in [0.4, 0.5) is 0 Å². The Hall–Kier alpha value is -1.20. The number of aryl methyl sites for hydroxylation is 1. The van der Waals surface area contributed by atoms with Crippen LogP contribution < -0.4 is 0 Å². The van der Waals surface area contributed by atoms with E-state index in [9.17, 15) is 4.79 Å². The molecule has 0 aliphatic rings. The van der Waals surface area contributed by atoms with E-state index in [1.54, 1.807) is 11.3 Å². The minimum Gasteiger partial charge on any atom is -0.481 e. The molecule has 0 aliphatic carbocycles. The van der Waals surface area contributed by atoms with Gasteiger partial charge in [-0.3, -0.25) is 4.79 Å². The molecule has 0 saturated carbocycles. The van der Waals surface area contributed by atoms with Gasteiger partial charge in [0.05, 0.1) is 17.0 Å². The maximum absolute atomic E-state index is 10.5.